The first-order chi connectivity index (χ1) is 13.9. The van der Waals surface area contributed by atoms with E-state index in [1.807, 2.05) is 26.0 Å². The second-order valence-corrected chi connectivity index (χ2v) is 9.85. The number of hydrogen-bond acceptors (Lipinski definition) is 4. The first-order valence-corrected chi connectivity index (χ1v) is 11.3. The van der Waals surface area contributed by atoms with Crippen LogP contribution >= 0.6 is 11.3 Å². The summed E-state index contributed by atoms with van der Waals surface area (Å²) in [6.07, 6.45) is 10.1. The molecule has 29 heavy (non-hydrogen) atoms. The van der Waals surface area contributed by atoms with E-state index in [1.54, 1.807) is 0 Å². The van der Waals surface area contributed by atoms with Crippen molar-refractivity contribution in [2.75, 3.05) is 5.32 Å². The van der Waals surface area contributed by atoms with Crippen molar-refractivity contribution in [2.45, 2.75) is 58.4 Å². The maximum absolute atomic E-state index is 13.1. The predicted molar refractivity (Wildman–Crippen MR) is 112 cm³/mol. The van der Waals surface area contributed by atoms with Crippen molar-refractivity contribution in [2.24, 2.45) is 23.7 Å². The fourth-order valence-corrected chi connectivity index (χ4v) is 6.27. The second-order valence-electron chi connectivity index (χ2n) is 8.62. The average Bonchev–Trinajstić information content (AvgIpc) is 3.36. The van der Waals surface area contributed by atoms with Crippen LogP contribution in [0.15, 0.2) is 12.2 Å². The summed E-state index contributed by atoms with van der Waals surface area (Å²) in [5.74, 6) is -2.74. The van der Waals surface area contributed by atoms with Gasteiger partial charge in [0.1, 0.15) is 5.00 Å². The fraction of sp³-hybridized carbons (Fsp3) is 0.591. The van der Waals surface area contributed by atoms with E-state index in [1.165, 1.54) is 17.8 Å². The molecule has 4 atom stereocenters. The highest BCUT2D eigenvalue weighted by Gasteiger charge is 2.51. The van der Waals surface area contributed by atoms with Gasteiger partial charge in [0.2, 0.25) is 5.91 Å². The quantitative estimate of drug-likeness (QED) is 0.635. The number of aryl methyl sites for hydroxylation is 1. The number of aliphatic carboxylic acids is 1. The van der Waals surface area contributed by atoms with E-state index < -0.39 is 17.8 Å². The highest BCUT2D eigenvalue weighted by atomic mass is 32.1. The van der Waals surface area contributed by atoms with Crippen molar-refractivity contribution >= 4 is 34.1 Å². The smallest absolute Gasteiger partial charge is 0.307 e. The molecule has 2 fully saturated rings. The van der Waals surface area contributed by atoms with E-state index in [2.05, 4.69) is 10.6 Å². The molecular formula is C22H28N2O4S. The van der Waals surface area contributed by atoms with Crippen LogP contribution in [0.5, 0.6) is 0 Å². The van der Waals surface area contributed by atoms with Gasteiger partial charge in [-0.15, -0.1) is 11.3 Å². The van der Waals surface area contributed by atoms with Crippen LogP contribution in [0.4, 0.5) is 5.00 Å². The standard InChI is InChI=1S/C22H28N2O4S/c1-11-12(2)29-21(16(11)19(25)23-15-6-4-3-5-7-15)24-20(26)17-13-8-9-14(10-13)18(17)22(27)28/h8-9,13-15,17-18H,3-7,10H2,1-2H3,(H,23,25)(H,24,26)(H,27,28)/t13-,14-,17+,18-/m0/s1. The molecule has 6 nitrogen and oxygen atoms in total. The first-order valence-electron chi connectivity index (χ1n) is 10.5. The Morgan fingerprint density at radius 3 is 2.34 bits per heavy atom. The molecule has 3 aliphatic carbocycles. The molecule has 0 saturated heterocycles. The zero-order valence-corrected chi connectivity index (χ0v) is 17.7. The maximum Gasteiger partial charge on any atom is 0.307 e. The molecule has 0 aromatic carbocycles. The van der Waals surface area contributed by atoms with Gasteiger partial charge >= 0.3 is 5.97 Å². The Morgan fingerprint density at radius 2 is 1.69 bits per heavy atom. The van der Waals surface area contributed by atoms with Crippen molar-refractivity contribution in [3.63, 3.8) is 0 Å². The lowest BCUT2D eigenvalue weighted by Gasteiger charge is -2.24. The molecule has 4 rings (SSSR count). The Labute approximate surface area is 174 Å². The largest absolute Gasteiger partial charge is 0.481 e. The number of carboxylic acids is 1. The number of hydrogen-bond donors (Lipinski definition) is 3. The molecule has 2 saturated carbocycles. The van der Waals surface area contributed by atoms with Gasteiger partial charge in [-0.3, -0.25) is 14.4 Å². The highest BCUT2D eigenvalue weighted by Crippen LogP contribution is 2.48. The van der Waals surface area contributed by atoms with Crippen molar-refractivity contribution < 1.29 is 19.5 Å². The number of amides is 2. The van der Waals surface area contributed by atoms with Crippen molar-refractivity contribution in [3.8, 4) is 0 Å². The molecule has 1 heterocycles. The molecular weight excluding hydrogens is 388 g/mol. The van der Waals surface area contributed by atoms with Crippen LogP contribution < -0.4 is 10.6 Å². The number of anilines is 1. The SMILES string of the molecule is Cc1sc(NC(=O)[C@H]2[C@@H](C(=O)O)[C@H]3C=C[C@H]2C3)c(C(=O)NC2CCCCC2)c1C. The molecule has 3 aliphatic rings. The van der Waals surface area contributed by atoms with Crippen molar-refractivity contribution in [1.29, 1.82) is 0 Å². The number of carbonyl (C=O) groups is 3. The zero-order valence-electron chi connectivity index (χ0n) is 16.9. The fourth-order valence-electron chi connectivity index (χ4n) is 5.20. The highest BCUT2D eigenvalue weighted by molar-refractivity contribution is 7.16. The lowest BCUT2D eigenvalue weighted by Crippen LogP contribution is -2.38. The number of allylic oxidation sites excluding steroid dienone is 2. The molecule has 1 aromatic heterocycles. The topological polar surface area (TPSA) is 95.5 Å². The number of fused-ring (bicyclic) bond motifs is 2. The number of thiophene rings is 1. The van der Waals surface area contributed by atoms with Crippen LogP contribution in [0.2, 0.25) is 0 Å². The lowest BCUT2D eigenvalue weighted by atomic mass is 9.82. The van der Waals surface area contributed by atoms with E-state index >= 15 is 0 Å². The van der Waals surface area contributed by atoms with Gasteiger partial charge in [0.05, 0.1) is 17.4 Å². The Hall–Kier alpha value is -2.15. The van der Waals surface area contributed by atoms with Gasteiger partial charge in [0.15, 0.2) is 0 Å². The molecule has 0 unspecified atom stereocenters. The number of carbonyl (C=O) groups excluding carboxylic acids is 2. The Bertz CT molecular complexity index is 868. The van der Waals surface area contributed by atoms with Gasteiger partial charge in [0, 0.05) is 10.9 Å². The molecule has 0 spiro atoms. The van der Waals surface area contributed by atoms with Crippen LogP contribution in [0.25, 0.3) is 0 Å². The molecule has 2 amide bonds. The van der Waals surface area contributed by atoms with Gasteiger partial charge in [-0.25, -0.2) is 0 Å². The summed E-state index contributed by atoms with van der Waals surface area (Å²) >= 11 is 1.39. The Morgan fingerprint density at radius 1 is 1.03 bits per heavy atom. The molecule has 0 aliphatic heterocycles. The predicted octanol–water partition coefficient (Wildman–Crippen LogP) is 3.89. The van der Waals surface area contributed by atoms with Crippen LogP contribution in [0, 0.1) is 37.5 Å². The van der Waals surface area contributed by atoms with Gasteiger partial charge in [-0.1, -0.05) is 31.4 Å². The summed E-state index contributed by atoms with van der Waals surface area (Å²) in [5, 5.41) is 16.2. The van der Waals surface area contributed by atoms with Crippen LogP contribution in [0.3, 0.4) is 0 Å². The number of carboxylic acid groups (broad SMARTS) is 1. The Balaban J connectivity index is 1.54. The van der Waals surface area contributed by atoms with Gasteiger partial charge < -0.3 is 15.7 Å². The van der Waals surface area contributed by atoms with E-state index in [0.29, 0.717) is 17.0 Å². The molecule has 3 N–H and O–H groups in total. The van der Waals surface area contributed by atoms with Crippen LogP contribution in [-0.2, 0) is 9.59 Å². The van der Waals surface area contributed by atoms with Crippen LogP contribution in [0.1, 0.15) is 59.3 Å². The maximum atomic E-state index is 13.1. The van der Waals surface area contributed by atoms with Gasteiger partial charge in [-0.2, -0.15) is 0 Å². The van der Waals surface area contributed by atoms with E-state index in [-0.39, 0.29) is 29.7 Å². The second kappa shape index (κ2) is 7.94. The monoisotopic (exact) mass is 416 g/mol. The summed E-state index contributed by atoms with van der Waals surface area (Å²) in [7, 11) is 0. The normalized spacial score (nSPS) is 28.5. The summed E-state index contributed by atoms with van der Waals surface area (Å²) in [4.78, 5) is 38.8. The summed E-state index contributed by atoms with van der Waals surface area (Å²) < 4.78 is 0. The molecule has 1 aromatic rings. The minimum Gasteiger partial charge on any atom is -0.481 e. The third kappa shape index (κ3) is 3.72. The lowest BCUT2D eigenvalue weighted by molar-refractivity contribution is -0.146. The summed E-state index contributed by atoms with van der Waals surface area (Å²) in [5.41, 5.74) is 1.40. The van der Waals surface area contributed by atoms with E-state index in [9.17, 15) is 19.5 Å². The van der Waals surface area contributed by atoms with E-state index in [4.69, 9.17) is 0 Å². The van der Waals surface area contributed by atoms with Crippen LogP contribution in [-0.4, -0.2) is 28.9 Å². The Kier molecular flexibility index (Phi) is 5.51. The third-order valence-corrected chi connectivity index (χ3v) is 7.96. The first kappa shape index (κ1) is 20.1. The molecule has 2 bridgehead atoms. The van der Waals surface area contributed by atoms with Gasteiger partial charge in [-0.05, 0) is 50.5 Å². The zero-order chi connectivity index (χ0) is 20.7. The molecule has 0 radical (unpaired) electrons. The van der Waals surface area contributed by atoms with Crippen molar-refractivity contribution in [3.05, 3.63) is 28.2 Å². The molecule has 156 valence electrons. The minimum absolute atomic E-state index is 0.0391. The number of rotatable bonds is 5. The summed E-state index contributed by atoms with van der Waals surface area (Å²) in [6, 6.07) is 0.187. The molecule has 7 heteroatoms. The van der Waals surface area contributed by atoms with Crippen molar-refractivity contribution in [1.82, 2.24) is 5.32 Å². The van der Waals surface area contributed by atoms with Gasteiger partial charge in [0.25, 0.3) is 5.91 Å². The minimum atomic E-state index is -0.921. The average molecular weight is 417 g/mol. The third-order valence-electron chi connectivity index (χ3n) is 6.84. The van der Waals surface area contributed by atoms with E-state index in [0.717, 1.165) is 36.1 Å². The number of nitrogens with one attached hydrogen (secondary N) is 2. The summed E-state index contributed by atoms with van der Waals surface area (Å²) in [6.45, 7) is 3.84.